The summed E-state index contributed by atoms with van der Waals surface area (Å²) in [7, 11) is 1.57. The Bertz CT molecular complexity index is 834. The highest BCUT2D eigenvalue weighted by molar-refractivity contribution is 5.92. The quantitative estimate of drug-likeness (QED) is 0.583. The fourth-order valence-electron chi connectivity index (χ4n) is 3.32. The third-order valence-corrected chi connectivity index (χ3v) is 4.83. The maximum absolute atomic E-state index is 12.2. The van der Waals surface area contributed by atoms with Gasteiger partial charge in [0.2, 0.25) is 5.91 Å². The molecule has 0 saturated carbocycles. The second kappa shape index (κ2) is 9.18. The van der Waals surface area contributed by atoms with E-state index in [0.29, 0.717) is 43.2 Å². The number of methoxy groups -OCH3 is 1. The van der Waals surface area contributed by atoms with Crippen LogP contribution in [0.3, 0.4) is 0 Å². The highest BCUT2D eigenvalue weighted by Gasteiger charge is 2.23. The Morgan fingerprint density at radius 1 is 1.11 bits per heavy atom. The van der Waals surface area contributed by atoms with Crippen molar-refractivity contribution in [1.29, 1.82) is 0 Å². The van der Waals surface area contributed by atoms with E-state index in [1.165, 1.54) is 6.07 Å². The Labute approximate surface area is 163 Å². The zero-order valence-electron chi connectivity index (χ0n) is 15.8. The summed E-state index contributed by atoms with van der Waals surface area (Å²) in [6, 6.07) is 14.1. The number of piperazine rings is 1. The van der Waals surface area contributed by atoms with E-state index in [4.69, 9.17) is 4.74 Å². The molecule has 2 aromatic carbocycles. The summed E-state index contributed by atoms with van der Waals surface area (Å²) in [6.45, 7) is 3.55. The first kappa shape index (κ1) is 19.6. The summed E-state index contributed by atoms with van der Waals surface area (Å²) >= 11 is 0. The average molecular weight is 384 g/mol. The number of hydrogen-bond donors (Lipinski definition) is 1. The van der Waals surface area contributed by atoms with Crippen LogP contribution in [0.4, 0.5) is 17.1 Å². The SMILES string of the molecule is COc1ccccc1NC(=O)CCN1CCN(c2ccccc2[N+](=O)[O-])CC1. The van der Waals surface area contributed by atoms with Gasteiger partial charge in [-0.05, 0) is 18.2 Å². The molecule has 1 aliphatic rings. The third-order valence-electron chi connectivity index (χ3n) is 4.83. The second-order valence-electron chi connectivity index (χ2n) is 6.57. The summed E-state index contributed by atoms with van der Waals surface area (Å²) < 4.78 is 5.24. The Morgan fingerprint density at radius 2 is 1.79 bits per heavy atom. The topological polar surface area (TPSA) is 88.0 Å². The van der Waals surface area contributed by atoms with Crippen molar-refractivity contribution < 1.29 is 14.5 Å². The lowest BCUT2D eigenvalue weighted by atomic mass is 10.2. The van der Waals surface area contributed by atoms with Gasteiger partial charge in [-0.1, -0.05) is 24.3 Å². The number of benzene rings is 2. The van der Waals surface area contributed by atoms with Gasteiger partial charge in [-0.3, -0.25) is 19.8 Å². The van der Waals surface area contributed by atoms with E-state index in [1.807, 2.05) is 29.2 Å². The molecule has 0 unspecified atom stereocenters. The van der Waals surface area contributed by atoms with Gasteiger partial charge in [-0.25, -0.2) is 0 Å². The molecule has 1 amide bonds. The van der Waals surface area contributed by atoms with Crippen molar-refractivity contribution in [3.05, 3.63) is 58.6 Å². The molecule has 1 fully saturated rings. The van der Waals surface area contributed by atoms with E-state index in [2.05, 4.69) is 10.2 Å². The monoisotopic (exact) mass is 384 g/mol. The molecule has 0 spiro atoms. The van der Waals surface area contributed by atoms with Crippen molar-refractivity contribution in [3.8, 4) is 5.75 Å². The largest absolute Gasteiger partial charge is 0.495 e. The number of para-hydroxylation sites is 4. The minimum Gasteiger partial charge on any atom is -0.495 e. The lowest BCUT2D eigenvalue weighted by molar-refractivity contribution is -0.384. The van der Waals surface area contributed by atoms with Gasteiger partial charge in [0, 0.05) is 45.2 Å². The van der Waals surface area contributed by atoms with Crippen LogP contribution in [-0.2, 0) is 4.79 Å². The average Bonchev–Trinajstić information content (AvgIpc) is 2.73. The molecule has 148 valence electrons. The molecule has 0 aliphatic carbocycles. The first-order chi connectivity index (χ1) is 13.6. The second-order valence-corrected chi connectivity index (χ2v) is 6.57. The molecule has 1 aliphatic heterocycles. The molecule has 3 rings (SSSR count). The number of hydrogen-bond acceptors (Lipinski definition) is 6. The molecular formula is C20H24N4O4. The molecule has 1 heterocycles. The number of nitrogens with one attached hydrogen (secondary N) is 1. The predicted octanol–water partition coefficient (Wildman–Crippen LogP) is 2.75. The third kappa shape index (κ3) is 4.77. The number of carbonyl (C=O) groups is 1. The molecule has 1 N–H and O–H groups in total. The molecule has 8 nitrogen and oxygen atoms in total. The molecular weight excluding hydrogens is 360 g/mol. The number of nitro groups is 1. The predicted molar refractivity (Wildman–Crippen MR) is 108 cm³/mol. The summed E-state index contributed by atoms with van der Waals surface area (Å²) in [4.78, 5) is 27.4. The van der Waals surface area contributed by atoms with Crippen LogP contribution in [0.5, 0.6) is 5.75 Å². The van der Waals surface area contributed by atoms with Crippen LogP contribution in [0.1, 0.15) is 6.42 Å². The van der Waals surface area contributed by atoms with Crippen LogP contribution < -0.4 is 15.0 Å². The number of ether oxygens (including phenoxy) is 1. The summed E-state index contributed by atoms with van der Waals surface area (Å²) in [6.07, 6.45) is 0.379. The number of nitro benzene ring substituents is 1. The number of anilines is 2. The van der Waals surface area contributed by atoms with Gasteiger partial charge in [0.1, 0.15) is 11.4 Å². The number of nitrogens with zero attached hydrogens (tertiary/aromatic N) is 3. The highest BCUT2D eigenvalue weighted by atomic mass is 16.6. The lowest BCUT2D eigenvalue weighted by Gasteiger charge is -2.35. The van der Waals surface area contributed by atoms with Crippen LogP contribution in [0, 0.1) is 10.1 Å². The Kier molecular flexibility index (Phi) is 6.44. The van der Waals surface area contributed by atoms with Gasteiger partial charge in [0.15, 0.2) is 0 Å². The van der Waals surface area contributed by atoms with E-state index in [0.717, 1.165) is 13.1 Å². The van der Waals surface area contributed by atoms with Crippen molar-refractivity contribution in [2.75, 3.05) is 50.1 Å². The number of carbonyl (C=O) groups excluding carboxylic acids is 1. The van der Waals surface area contributed by atoms with Crippen molar-refractivity contribution in [1.82, 2.24) is 4.90 Å². The summed E-state index contributed by atoms with van der Waals surface area (Å²) in [5, 5.41) is 14.1. The number of amides is 1. The fraction of sp³-hybridized carbons (Fsp3) is 0.350. The molecule has 0 radical (unpaired) electrons. The Balaban J connectivity index is 1.48. The van der Waals surface area contributed by atoms with Crippen LogP contribution in [0.15, 0.2) is 48.5 Å². The smallest absolute Gasteiger partial charge is 0.292 e. The van der Waals surface area contributed by atoms with Gasteiger partial charge in [0.05, 0.1) is 17.7 Å². The maximum atomic E-state index is 12.2. The molecule has 2 aromatic rings. The first-order valence-corrected chi connectivity index (χ1v) is 9.22. The van der Waals surface area contributed by atoms with Crippen LogP contribution >= 0.6 is 0 Å². The summed E-state index contributed by atoms with van der Waals surface area (Å²) in [5.41, 5.74) is 1.45. The van der Waals surface area contributed by atoms with Gasteiger partial charge in [-0.15, -0.1) is 0 Å². The van der Waals surface area contributed by atoms with Crippen molar-refractivity contribution in [2.45, 2.75) is 6.42 Å². The standard InChI is InChI=1S/C20H24N4O4/c1-28-19-9-5-2-6-16(19)21-20(25)10-11-22-12-14-23(15-13-22)17-7-3-4-8-18(17)24(26)27/h2-9H,10-15H2,1H3,(H,21,25). The van der Waals surface area contributed by atoms with Crippen molar-refractivity contribution in [2.24, 2.45) is 0 Å². The van der Waals surface area contributed by atoms with E-state index in [-0.39, 0.29) is 16.5 Å². The first-order valence-electron chi connectivity index (χ1n) is 9.22. The van der Waals surface area contributed by atoms with Gasteiger partial charge >= 0.3 is 0 Å². The maximum Gasteiger partial charge on any atom is 0.292 e. The van der Waals surface area contributed by atoms with E-state index in [9.17, 15) is 14.9 Å². The minimum absolute atomic E-state index is 0.0642. The molecule has 0 aromatic heterocycles. The van der Waals surface area contributed by atoms with Gasteiger partial charge in [-0.2, -0.15) is 0 Å². The molecule has 8 heteroatoms. The summed E-state index contributed by atoms with van der Waals surface area (Å²) in [5.74, 6) is 0.569. The highest BCUT2D eigenvalue weighted by Crippen LogP contribution is 2.28. The van der Waals surface area contributed by atoms with Crippen molar-refractivity contribution >= 4 is 23.0 Å². The van der Waals surface area contributed by atoms with E-state index in [1.54, 1.807) is 25.3 Å². The zero-order valence-corrected chi connectivity index (χ0v) is 15.8. The Hall–Kier alpha value is -3.13. The molecule has 0 bridgehead atoms. The van der Waals surface area contributed by atoms with Crippen LogP contribution in [-0.4, -0.2) is 55.6 Å². The van der Waals surface area contributed by atoms with Crippen LogP contribution in [0.25, 0.3) is 0 Å². The minimum atomic E-state index is -0.343. The number of rotatable bonds is 7. The Morgan fingerprint density at radius 3 is 2.50 bits per heavy atom. The van der Waals surface area contributed by atoms with Crippen molar-refractivity contribution in [3.63, 3.8) is 0 Å². The van der Waals surface area contributed by atoms with Crippen LogP contribution in [0.2, 0.25) is 0 Å². The molecule has 1 saturated heterocycles. The fourth-order valence-corrected chi connectivity index (χ4v) is 3.32. The molecule has 0 atom stereocenters. The van der Waals surface area contributed by atoms with Gasteiger partial charge in [0.25, 0.3) is 5.69 Å². The normalized spacial score (nSPS) is 14.5. The van der Waals surface area contributed by atoms with Gasteiger partial charge < -0.3 is 15.0 Å². The zero-order chi connectivity index (χ0) is 19.9. The van der Waals surface area contributed by atoms with E-state index >= 15 is 0 Å². The molecule has 28 heavy (non-hydrogen) atoms. The van der Waals surface area contributed by atoms with E-state index < -0.39 is 0 Å². The lowest BCUT2D eigenvalue weighted by Crippen LogP contribution is -2.47.